The molecule has 0 aromatic heterocycles. The number of carbonyl (C=O) groups excluding carboxylic acids is 1. The number of amides is 1. The van der Waals surface area contributed by atoms with E-state index < -0.39 is 0 Å². The van der Waals surface area contributed by atoms with E-state index in [2.05, 4.69) is 27.0 Å². The summed E-state index contributed by atoms with van der Waals surface area (Å²) in [5.41, 5.74) is 1.70. The number of guanidine groups is 1. The molecule has 0 aliphatic carbocycles. The first kappa shape index (κ1) is 23.3. The highest BCUT2D eigenvalue weighted by atomic mass is 127. The molecule has 0 fully saturated rings. The summed E-state index contributed by atoms with van der Waals surface area (Å²) in [6.45, 7) is 4.34. The maximum absolute atomic E-state index is 12.2. The minimum Gasteiger partial charge on any atom is -0.488 e. The van der Waals surface area contributed by atoms with Crippen molar-refractivity contribution in [3.63, 3.8) is 0 Å². The fraction of sp³-hybridized carbons (Fsp3) is 0.333. The van der Waals surface area contributed by atoms with Gasteiger partial charge in [-0.1, -0.05) is 41.9 Å². The largest absolute Gasteiger partial charge is 0.488 e. The molecule has 2 aromatic carbocycles. The molecule has 0 bridgehead atoms. The topological polar surface area (TPSA) is 74.8 Å². The van der Waals surface area contributed by atoms with Gasteiger partial charge < -0.3 is 20.7 Å². The standard InChI is InChI=1S/C21H25ClN4O2.HI/c1-2-23-21(26-14-16-13-15-7-3-6-10-19(15)28-16)25-12-11-24-20(27)17-8-4-5-9-18(17)22;/h3-10,16H,2,11-14H2,1H3,(H,24,27)(H2,23,25,26);1H. The van der Waals surface area contributed by atoms with Crippen molar-refractivity contribution >= 4 is 47.4 Å². The van der Waals surface area contributed by atoms with Gasteiger partial charge in [0.05, 0.1) is 17.1 Å². The van der Waals surface area contributed by atoms with Crippen LogP contribution in [0.3, 0.4) is 0 Å². The normalized spacial score (nSPS) is 15.0. The fourth-order valence-electron chi connectivity index (χ4n) is 2.99. The Bertz CT molecular complexity index is 822. The maximum atomic E-state index is 12.2. The Hall–Kier alpha value is -2.00. The van der Waals surface area contributed by atoms with Gasteiger partial charge in [0.2, 0.25) is 0 Å². The number of carbonyl (C=O) groups is 1. The molecule has 1 aliphatic rings. The molecule has 1 amide bonds. The van der Waals surface area contributed by atoms with E-state index in [0.29, 0.717) is 36.2 Å². The summed E-state index contributed by atoms with van der Waals surface area (Å²) in [4.78, 5) is 16.8. The molecule has 1 aliphatic heterocycles. The lowest BCUT2D eigenvalue weighted by Gasteiger charge is -2.14. The number of ether oxygens (including phenoxy) is 1. The predicted octanol–water partition coefficient (Wildman–Crippen LogP) is 3.25. The molecule has 1 heterocycles. The summed E-state index contributed by atoms with van der Waals surface area (Å²) < 4.78 is 5.92. The highest BCUT2D eigenvalue weighted by Gasteiger charge is 2.21. The molecule has 0 spiro atoms. The van der Waals surface area contributed by atoms with Crippen molar-refractivity contribution in [1.29, 1.82) is 0 Å². The number of rotatable bonds is 7. The quantitative estimate of drug-likeness (QED) is 0.223. The first-order chi connectivity index (χ1) is 13.7. The number of para-hydroxylation sites is 1. The molecule has 1 unspecified atom stereocenters. The Balaban J connectivity index is 0.00000300. The van der Waals surface area contributed by atoms with E-state index in [-0.39, 0.29) is 36.0 Å². The molecule has 29 heavy (non-hydrogen) atoms. The highest BCUT2D eigenvalue weighted by Crippen LogP contribution is 2.28. The van der Waals surface area contributed by atoms with Gasteiger partial charge in [-0.3, -0.25) is 4.79 Å². The lowest BCUT2D eigenvalue weighted by molar-refractivity contribution is 0.0954. The summed E-state index contributed by atoms with van der Waals surface area (Å²) in [5, 5.41) is 9.73. The van der Waals surface area contributed by atoms with E-state index in [4.69, 9.17) is 16.3 Å². The molecule has 8 heteroatoms. The van der Waals surface area contributed by atoms with Crippen LogP contribution in [0.4, 0.5) is 0 Å². The van der Waals surface area contributed by atoms with Crippen LogP contribution in [0.2, 0.25) is 5.02 Å². The lowest BCUT2D eigenvalue weighted by atomic mass is 10.1. The average molecular weight is 529 g/mol. The van der Waals surface area contributed by atoms with E-state index in [1.807, 2.05) is 25.1 Å². The van der Waals surface area contributed by atoms with Crippen molar-refractivity contribution in [2.75, 3.05) is 26.2 Å². The second kappa shape index (κ2) is 11.9. The third kappa shape index (κ3) is 6.78. The minimum atomic E-state index is -0.188. The number of halogens is 2. The number of nitrogens with one attached hydrogen (secondary N) is 3. The van der Waals surface area contributed by atoms with E-state index in [0.717, 1.165) is 18.7 Å². The second-order valence-electron chi connectivity index (χ2n) is 6.43. The summed E-state index contributed by atoms with van der Waals surface area (Å²) >= 11 is 6.04. The molecule has 1 atom stereocenters. The van der Waals surface area contributed by atoms with E-state index in [1.54, 1.807) is 24.3 Å². The number of nitrogens with zero attached hydrogens (tertiary/aromatic N) is 1. The third-order valence-electron chi connectivity index (χ3n) is 4.33. The van der Waals surface area contributed by atoms with Gasteiger partial charge in [-0.15, -0.1) is 24.0 Å². The van der Waals surface area contributed by atoms with Gasteiger partial charge in [0.15, 0.2) is 5.96 Å². The molecule has 0 saturated carbocycles. The highest BCUT2D eigenvalue weighted by molar-refractivity contribution is 14.0. The van der Waals surface area contributed by atoms with Crippen molar-refractivity contribution in [2.45, 2.75) is 19.4 Å². The molecular formula is C21H26ClIN4O2. The molecule has 3 N–H and O–H groups in total. The first-order valence-corrected chi connectivity index (χ1v) is 9.84. The van der Waals surface area contributed by atoms with Gasteiger partial charge in [-0.25, -0.2) is 4.99 Å². The van der Waals surface area contributed by atoms with Crippen molar-refractivity contribution in [2.24, 2.45) is 4.99 Å². The number of fused-ring (bicyclic) bond motifs is 1. The predicted molar refractivity (Wildman–Crippen MR) is 128 cm³/mol. The van der Waals surface area contributed by atoms with Crippen LogP contribution in [0, 0.1) is 0 Å². The van der Waals surface area contributed by atoms with Crippen LogP contribution in [0.5, 0.6) is 5.75 Å². The molecule has 0 saturated heterocycles. The molecule has 3 rings (SSSR count). The number of hydrogen-bond donors (Lipinski definition) is 3. The zero-order chi connectivity index (χ0) is 19.8. The van der Waals surface area contributed by atoms with Crippen LogP contribution < -0.4 is 20.7 Å². The number of benzene rings is 2. The van der Waals surface area contributed by atoms with Crippen molar-refractivity contribution in [3.8, 4) is 5.75 Å². The van der Waals surface area contributed by atoms with Crippen LogP contribution in [0.15, 0.2) is 53.5 Å². The molecule has 6 nitrogen and oxygen atoms in total. The molecule has 0 radical (unpaired) electrons. The van der Waals surface area contributed by atoms with Crippen molar-refractivity contribution in [3.05, 3.63) is 64.7 Å². The van der Waals surface area contributed by atoms with Gasteiger partial charge in [0.25, 0.3) is 5.91 Å². The zero-order valence-electron chi connectivity index (χ0n) is 16.3. The molecule has 156 valence electrons. The van der Waals surface area contributed by atoms with Gasteiger partial charge in [-0.2, -0.15) is 0 Å². The Labute approximate surface area is 193 Å². The van der Waals surface area contributed by atoms with Crippen LogP contribution in [0.1, 0.15) is 22.8 Å². The zero-order valence-corrected chi connectivity index (χ0v) is 19.4. The Morgan fingerprint density at radius 2 is 1.83 bits per heavy atom. The monoisotopic (exact) mass is 528 g/mol. The SMILES string of the molecule is CCNC(=NCC1Cc2ccccc2O1)NCCNC(=O)c1ccccc1Cl.I. The summed E-state index contributed by atoms with van der Waals surface area (Å²) in [5.74, 6) is 1.46. The lowest BCUT2D eigenvalue weighted by Crippen LogP contribution is -2.42. The second-order valence-corrected chi connectivity index (χ2v) is 6.84. The third-order valence-corrected chi connectivity index (χ3v) is 4.66. The van der Waals surface area contributed by atoms with E-state index >= 15 is 0 Å². The van der Waals surface area contributed by atoms with Crippen LogP contribution in [-0.2, 0) is 6.42 Å². The van der Waals surface area contributed by atoms with Crippen LogP contribution in [0.25, 0.3) is 0 Å². The Morgan fingerprint density at radius 3 is 2.59 bits per heavy atom. The smallest absolute Gasteiger partial charge is 0.252 e. The maximum Gasteiger partial charge on any atom is 0.252 e. The Morgan fingerprint density at radius 1 is 1.10 bits per heavy atom. The summed E-state index contributed by atoms with van der Waals surface area (Å²) in [6, 6.07) is 15.1. The number of hydrogen-bond acceptors (Lipinski definition) is 3. The van der Waals surface area contributed by atoms with E-state index in [1.165, 1.54) is 5.56 Å². The average Bonchev–Trinajstić information content (AvgIpc) is 3.12. The van der Waals surface area contributed by atoms with Gasteiger partial charge in [0, 0.05) is 26.1 Å². The van der Waals surface area contributed by atoms with Gasteiger partial charge in [-0.05, 0) is 30.7 Å². The van der Waals surface area contributed by atoms with Crippen molar-refractivity contribution in [1.82, 2.24) is 16.0 Å². The first-order valence-electron chi connectivity index (χ1n) is 9.47. The summed E-state index contributed by atoms with van der Waals surface area (Å²) in [7, 11) is 0. The van der Waals surface area contributed by atoms with E-state index in [9.17, 15) is 4.79 Å². The minimum absolute atomic E-state index is 0. The fourth-order valence-corrected chi connectivity index (χ4v) is 3.21. The van der Waals surface area contributed by atoms with Crippen LogP contribution in [-0.4, -0.2) is 44.1 Å². The molecule has 2 aromatic rings. The van der Waals surface area contributed by atoms with Crippen LogP contribution >= 0.6 is 35.6 Å². The van der Waals surface area contributed by atoms with Gasteiger partial charge in [0.1, 0.15) is 11.9 Å². The van der Waals surface area contributed by atoms with Gasteiger partial charge >= 0.3 is 0 Å². The van der Waals surface area contributed by atoms with Crippen molar-refractivity contribution < 1.29 is 9.53 Å². The number of aliphatic imine (C=N–C) groups is 1. The Kier molecular flexibility index (Phi) is 9.53. The summed E-state index contributed by atoms with van der Waals surface area (Å²) in [6.07, 6.45) is 0.917. The molecular weight excluding hydrogens is 503 g/mol.